The van der Waals surface area contributed by atoms with Crippen molar-refractivity contribution in [2.24, 2.45) is 5.92 Å². The van der Waals surface area contributed by atoms with Crippen molar-refractivity contribution >= 4 is 32.9 Å². The number of thiophene rings is 1. The summed E-state index contributed by atoms with van der Waals surface area (Å²) in [6.45, 7) is 2.45. The van der Waals surface area contributed by atoms with Crippen LogP contribution in [0, 0.1) is 5.92 Å². The third kappa shape index (κ3) is 2.60. The number of nitrogens with two attached hydrogens (primary N) is 1. The largest absolute Gasteiger partial charge is 0.397 e. The quantitative estimate of drug-likeness (QED) is 0.909. The minimum absolute atomic E-state index is 0.299. The Kier molecular flexibility index (Phi) is 4.08. The maximum absolute atomic E-state index is 8.99. The highest BCUT2D eigenvalue weighted by atomic mass is 32.1. The molecule has 20 heavy (non-hydrogen) atoms. The van der Waals surface area contributed by atoms with Crippen molar-refractivity contribution in [2.45, 2.75) is 25.7 Å². The molecule has 5 heteroatoms. The van der Waals surface area contributed by atoms with E-state index in [-0.39, 0.29) is 0 Å². The maximum Gasteiger partial charge on any atom is 0.127 e. The SMILES string of the molecule is Nc1csc2nccc(N3CCCC(CCCO)C3)c12. The fraction of sp³-hybridized carbons (Fsp3) is 0.533. The highest BCUT2D eigenvalue weighted by molar-refractivity contribution is 7.17. The Bertz CT molecular complexity index is 584. The fourth-order valence-electron chi connectivity index (χ4n) is 3.13. The lowest BCUT2D eigenvalue weighted by molar-refractivity contribution is 0.263. The van der Waals surface area contributed by atoms with E-state index in [1.54, 1.807) is 11.3 Å². The first-order valence-electron chi connectivity index (χ1n) is 7.27. The van der Waals surface area contributed by atoms with Crippen molar-refractivity contribution in [3.63, 3.8) is 0 Å². The van der Waals surface area contributed by atoms with E-state index in [0.717, 1.165) is 41.8 Å². The molecule has 1 atom stereocenters. The van der Waals surface area contributed by atoms with Gasteiger partial charge < -0.3 is 15.7 Å². The molecule has 3 heterocycles. The number of nitrogens with zero attached hydrogens (tertiary/aromatic N) is 2. The number of pyridine rings is 1. The van der Waals surface area contributed by atoms with Gasteiger partial charge in [0.15, 0.2) is 0 Å². The standard InChI is InChI=1S/C15H21N3OS/c16-12-10-20-15-14(12)13(5-6-17-15)18-7-1-3-11(9-18)4-2-8-19/h5-6,10-11,19H,1-4,7-9,16H2. The third-order valence-electron chi connectivity index (χ3n) is 4.11. The lowest BCUT2D eigenvalue weighted by Gasteiger charge is -2.35. The average Bonchev–Trinajstić information content (AvgIpc) is 2.87. The summed E-state index contributed by atoms with van der Waals surface area (Å²) >= 11 is 1.61. The van der Waals surface area contributed by atoms with E-state index in [4.69, 9.17) is 10.8 Å². The van der Waals surface area contributed by atoms with Crippen molar-refractivity contribution in [1.29, 1.82) is 0 Å². The summed E-state index contributed by atoms with van der Waals surface area (Å²) in [5.74, 6) is 0.680. The first-order valence-corrected chi connectivity index (χ1v) is 8.15. The van der Waals surface area contributed by atoms with Gasteiger partial charge in [-0.1, -0.05) is 0 Å². The van der Waals surface area contributed by atoms with Crippen LogP contribution >= 0.6 is 11.3 Å². The zero-order valence-electron chi connectivity index (χ0n) is 11.6. The highest BCUT2D eigenvalue weighted by Crippen LogP contribution is 2.36. The van der Waals surface area contributed by atoms with Gasteiger partial charge in [0.2, 0.25) is 0 Å². The summed E-state index contributed by atoms with van der Waals surface area (Å²) in [5.41, 5.74) is 8.17. The predicted octanol–water partition coefficient (Wildman–Crippen LogP) is 2.87. The second-order valence-electron chi connectivity index (χ2n) is 5.52. The number of aliphatic hydroxyl groups excluding tert-OH is 1. The van der Waals surface area contributed by atoms with Crippen LogP contribution < -0.4 is 10.6 Å². The van der Waals surface area contributed by atoms with Gasteiger partial charge in [-0.2, -0.15) is 0 Å². The second-order valence-corrected chi connectivity index (χ2v) is 6.38. The Morgan fingerprint density at radius 2 is 2.40 bits per heavy atom. The molecule has 1 aliphatic rings. The van der Waals surface area contributed by atoms with Gasteiger partial charge in [-0.25, -0.2) is 4.98 Å². The van der Waals surface area contributed by atoms with Crippen molar-refractivity contribution in [3.05, 3.63) is 17.6 Å². The fourth-order valence-corrected chi connectivity index (χ4v) is 3.95. The first-order chi connectivity index (χ1) is 9.79. The summed E-state index contributed by atoms with van der Waals surface area (Å²) in [7, 11) is 0. The number of aromatic nitrogens is 1. The lowest BCUT2D eigenvalue weighted by Crippen LogP contribution is -2.35. The first kappa shape index (κ1) is 13.6. The van der Waals surface area contributed by atoms with E-state index in [2.05, 4.69) is 16.0 Å². The molecule has 0 amide bonds. The molecule has 4 nitrogen and oxygen atoms in total. The van der Waals surface area contributed by atoms with Crippen molar-refractivity contribution in [3.8, 4) is 0 Å². The van der Waals surface area contributed by atoms with Crippen LogP contribution in [-0.2, 0) is 0 Å². The molecule has 2 aromatic rings. The number of rotatable bonds is 4. The molecule has 3 N–H and O–H groups in total. The third-order valence-corrected chi connectivity index (χ3v) is 5.02. The second kappa shape index (κ2) is 5.97. The van der Waals surface area contributed by atoms with Gasteiger partial charge >= 0.3 is 0 Å². The predicted molar refractivity (Wildman–Crippen MR) is 85.3 cm³/mol. The molecule has 3 rings (SSSR count). The normalized spacial score (nSPS) is 19.6. The zero-order valence-corrected chi connectivity index (χ0v) is 12.4. The maximum atomic E-state index is 8.99. The highest BCUT2D eigenvalue weighted by Gasteiger charge is 2.22. The molecular weight excluding hydrogens is 270 g/mol. The molecule has 0 radical (unpaired) electrons. The van der Waals surface area contributed by atoms with Gasteiger partial charge in [-0.05, 0) is 37.7 Å². The van der Waals surface area contributed by atoms with E-state index in [9.17, 15) is 0 Å². The number of anilines is 2. The minimum Gasteiger partial charge on any atom is -0.397 e. The van der Waals surface area contributed by atoms with E-state index >= 15 is 0 Å². The van der Waals surface area contributed by atoms with Crippen LogP contribution in [0.3, 0.4) is 0 Å². The van der Waals surface area contributed by atoms with Gasteiger partial charge in [-0.15, -0.1) is 11.3 Å². The van der Waals surface area contributed by atoms with Crippen molar-refractivity contribution < 1.29 is 5.11 Å². The Morgan fingerprint density at radius 3 is 3.25 bits per heavy atom. The summed E-state index contributed by atoms with van der Waals surface area (Å²) in [4.78, 5) is 7.87. The van der Waals surface area contributed by atoms with Crippen LogP contribution in [0.15, 0.2) is 17.6 Å². The van der Waals surface area contributed by atoms with Crippen LogP contribution in [0.4, 0.5) is 11.4 Å². The van der Waals surface area contributed by atoms with E-state index < -0.39 is 0 Å². The Balaban J connectivity index is 1.85. The molecule has 1 unspecified atom stereocenters. The van der Waals surface area contributed by atoms with Crippen LogP contribution in [0.25, 0.3) is 10.2 Å². The Labute approximate surface area is 123 Å². The zero-order chi connectivity index (χ0) is 13.9. The molecule has 0 saturated carbocycles. The molecule has 0 spiro atoms. The number of hydrogen-bond acceptors (Lipinski definition) is 5. The Hall–Kier alpha value is -1.33. The molecule has 0 aromatic carbocycles. The topological polar surface area (TPSA) is 62.4 Å². The van der Waals surface area contributed by atoms with Crippen LogP contribution in [0.2, 0.25) is 0 Å². The summed E-state index contributed by atoms with van der Waals surface area (Å²) in [6.07, 6.45) is 6.38. The molecular formula is C15H21N3OS. The number of nitrogen functional groups attached to an aromatic ring is 1. The van der Waals surface area contributed by atoms with Crippen molar-refractivity contribution in [2.75, 3.05) is 30.3 Å². The van der Waals surface area contributed by atoms with E-state index in [1.165, 1.54) is 18.5 Å². The number of aliphatic hydroxyl groups is 1. The number of fused-ring (bicyclic) bond motifs is 1. The van der Waals surface area contributed by atoms with E-state index in [1.807, 2.05) is 11.6 Å². The molecule has 2 aromatic heterocycles. The number of hydrogen-bond donors (Lipinski definition) is 2. The summed E-state index contributed by atoms with van der Waals surface area (Å²) in [5, 5.41) is 12.1. The van der Waals surface area contributed by atoms with Gasteiger partial charge in [0.05, 0.1) is 16.8 Å². The summed E-state index contributed by atoms with van der Waals surface area (Å²) < 4.78 is 0. The summed E-state index contributed by atoms with van der Waals surface area (Å²) in [6, 6.07) is 2.08. The van der Waals surface area contributed by atoms with Crippen LogP contribution in [0.5, 0.6) is 0 Å². The van der Waals surface area contributed by atoms with Gasteiger partial charge in [-0.3, -0.25) is 0 Å². The lowest BCUT2D eigenvalue weighted by atomic mass is 9.93. The Morgan fingerprint density at radius 1 is 1.50 bits per heavy atom. The van der Waals surface area contributed by atoms with Gasteiger partial charge in [0.1, 0.15) is 4.83 Å². The van der Waals surface area contributed by atoms with Crippen LogP contribution in [-0.4, -0.2) is 29.8 Å². The molecule has 108 valence electrons. The smallest absolute Gasteiger partial charge is 0.127 e. The molecule has 1 fully saturated rings. The van der Waals surface area contributed by atoms with Crippen LogP contribution in [0.1, 0.15) is 25.7 Å². The molecule has 1 saturated heterocycles. The molecule has 0 aliphatic carbocycles. The van der Waals surface area contributed by atoms with Crippen molar-refractivity contribution in [1.82, 2.24) is 4.98 Å². The number of piperidine rings is 1. The van der Waals surface area contributed by atoms with E-state index in [0.29, 0.717) is 12.5 Å². The monoisotopic (exact) mass is 291 g/mol. The molecule has 1 aliphatic heterocycles. The molecule has 0 bridgehead atoms. The average molecular weight is 291 g/mol. The van der Waals surface area contributed by atoms with Gasteiger partial charge in [0.25, 0.3) is 0 Å². The van der Waals surface area contributed by atoms with Gasteiger partial charge in [0, 0.05) is 31.3 Å². The minimum atomic E-state index is 0.299.